The monoisotopic (exact) mass is 257 g/mol. The largest absolute Gasteiger partial charge is 0.324 e. The highest BCUT2D eigenvalue weighted by Crippen LogP contribution is 2.46. The van der Waals surface area contributed by atoms with E-state index in [1.807, 2.05) is 11.7 Å². The van der Waals surface area contributed by atoms with E-state index in [2.05, 4.69) is 38.1 Å². The molecule has 1 aliphatic rings. The van der Waals surface area contributed by atoms with Gasteiger partial charge >= 0.3 is 0 Å². The number of hydrogen-bond acceptors (Lipinski definition) is 2. The molecule has 1 aromatic carbocycles. The van der Waals surface area contributed by atoms with Gasteiger partial charge < -0.3 is 5.73 Å². The third kappa shape index (κ3) is 1.88. The van der Waals surface area contributed by atoms with Gasteiger partial charge in [-0.3, -0.25) is 4.68 Å². The maximum absolute atomic E-state index is 6.72. The average Bonchev–Trinajstić information content (AvgIpc) is 2.79. The number of nitrogens with two attached hydrogens (primary N) is 1. The Kier molecular flexibility index (Phi) is 2.72. The first-order valence-corrected chi connectivity index (χ1v) is 7.12. The second-order valence-corrected chi connectivity index (χ2v) is 6.66. The van der Waals surface area contributed by atoms with Gasteiger partial charge in [0.25, 0.3) is 0 Å². The van der Waals surface area contributed by atoms with Crippen LogP contribution in [0, 0.1) is 5.41 Å². The van der Waals surface area contributed by atoms with Crippen molar-refractivity contribution in [1.82, 2.24) is 9.78 Å². The van der Waals surface area contributed by atoms with E-state index in [0.717, 1.165) is 18.5 Å². The molecule has 1 heterocycles. The van der Waals surface area contributed by atoms with Gasteiger partial charge in [0.1, 0.15) is 0 Å². The zero-order valence-corrected chi connectivity index (χ0v) is 12.1. The number of aromatic nitrogens is 2. The molecule has 0 aliphatic heterocycles. The van der Waals surface area contributed by atoms with Gasteiger partial charge in [-0.2, -0.15) is 5.10 Å². The lowest BCUT2D eigenvalue weighted by Gasteiger charge is -2.38. The van der Waals surface area contributed by atoms with Gasteiger partial charge in [0, 0.05) is 24.4 Å². The van der Waals surface area contributed by atoms with E-state index in [1.165, 1.54) is 23.7 Å². The predicted molar refractivity (Wildman–Crippen MR) is 79.0 cm³/mol. The molecule has 1 aliphatic carbocycles. The molecule has 3 rings (SSSR count). The summed E-state index contributed by atoms with van der Waals surface area (Å²) in [5.41, 5.74) is 9.14. The molecule has 0 amide bonds. The van der Waals surface area contributed by atoms with Crippen molar-refractivity contribution in [2.45, 2.75) is 45.1 Å². The molecule has 1 atom stereocenters. The molecule has 1 saturated carbocycles. The molecular weight excluding hydrogens is 234 g/mol. The van der Waals surface area contributed by atoms with E-state index in [1.54, 1.807) is 0 Å². The lowest BCUT2D eigenvalue weighted by atomic mass is 9.73. The van der Waals surface area contributed by atoms with Crippen LogP contribution in [-0.2, 0) is 13.5 Å². The summed E-state index contributed by atoms with van der Waals surface area (Å²) in [4.78, 5) is 0. The van der Waals surface area contributed by atoms with E-state index in [4.69, 9.17) is 10.8 Å². The third-order valence-electron chi connectivity index (χ3n) is 5.09. The van der Waals surface area contributed by atoms with Crippen LogP contribution in [0.4, 0.5) is 0 Å². The van der Waals surface area contributed by atoms with Crippen molar-refractivity contribution in [2.75, 3.05) is 0 Å². The molecule has 0 saturated heterocycles. The van der Waals surface area contributed by atoms with Gasteiger partial charge in [-0.1, -0.05) is 38.5 Å². The molecule has 0 radical (unpaired) electrons. The van der Waals surface area contributed by atoms with Crippen LogP contribution in [0.15, 0.2) is 24.3 Å². The summed E-state index contributed by atoms with van der Waals surface area (Å²) >= 11 is 0. The number of para-hydroxylation sites is 1. The quantitative estimate of drug-likeness (QED) is 0.898. The summed E-state index contributed by atoms with van der Waals surface area (Å²) in [5, 5.41) is 5.95. The fourth-order valence-electron chi connectivity index (χ4n) is 3.48. The molecule has 1 fully saturated rings. The Bertz CT molecular complexity index is 611. The van der Waals surface area contributed by atoms with Crippen LogP contribution in [0.3, 0.4) is 0 Å². The van der Waals surface area contributed by atoms with E-state index in [0.29, 0.717) is 0 Å². The van der Waals surface area contributed by atoms with Gasteiger partial charge in [-0.15, -0.1) is 0 Å². The number of fused-ring (bicyclic) bond motifs is 1. The number of nitrogens with zero attached hydrogens (tertiary/aromatic N) is 2. The zero-order valence-electron chi connectivity index (χ0n) is 12.1. The Morgan fingerprint density at radius 1 is 1.26 bits per heavy atom. The second-order valence-electron chi connectivity index (χ2n) is 6.66. The topological polar surface area (TPSA) is 43.8 Å². The standard InChI is InChI=1S/C16H23N3/c1-15(2)9-6-10-16(15,17)11-13-12-7-4-5-8-14(12)19(3)18-13/h4-5,7-8H,6,9-11,17H2,1-3H3. The second kappa shape index (κ2) is 4.07. The molecule has 0 spiro atoms. The number of hydrogen-bond donors (Lipinski definition) is 1. The fourth-order valence-corrected chi connectivity index (χ4v) is 3.48. The van der Waals surface area contributed by atoms with Crippen LogP contribution >= 0.6 is 0 Å². The lowest BCUT2D eigenvalue weighted by Crippen LogP contribution is -2.50. The minimum Gasteiger partial charge on any atom is -0.324 e. The van der Waals surface area contributed by atoms with Crippen LogP contribution < -0.4 is 5.73 Å². The summed E-state index contributed by atoms with van der Waals surface area (Å²) in [6.45, 7) is 4.59. The van der Waals surface area contributed by atoms with Gasteiger partial charge in [-0.25, -0.2) is 0 Å². The van der Waals surface area contributed by atoms with E-state index >= 15 is 0 Å². The van der Waals surface area contributed by atoms with Gasteiger partial charge in [-0.05, 0) is 24.3 Å². The smallest absolute Gasteiger partial charge is 0.0721 e. The predicted octanol–water partition coefficient (Wildman–Crippen LogP) is 3.02. The van der Waals surface area contributed by atoms with Crippen LogP contribution in [-0.4, -0.2) is 15.3 Å². The normalized spacial score (nSPS) is 26.1. The number of benzene rings is 1. The van der Waals surface area contributed by atoms with E-state index < -0.39 is 0 Å². The van der Waals surface area contributed by atoms with Gasteiger partial charge in [0.2, 0.25) is 0 Å². The highest BCUT2D eigenvalue weighted by molar-refractivity contribution is 5.82. The Balaban J connectivity index is 2.02. The number of aryl methyl sites for hydroxylation is 1. The Labute approximate surface area is 114 Å². The van der Waals surface area contributed by atoms with Crippen LogP contribution in [0.1, 0.15) is 38.8 Å². The van der Waals surface area contributed by atoms with Gasteiger partial charge in [0.15, 0.2) is 0 Å². The summed E-state index contributed by atoms with van der Waals surface area (Å²) in [5.74, 6) is 0. The third-order valence-corrected chi connectivity index (χ3v) is 5.09. The highest BCUT2D eigenvalue weighted by atomic mass is 15.3. The van der Waals surface area contributed by atoms with E-state index in [9.17, 15) is 0 Å². The van der Waals surface area contributed by atoms with Crippen molar-refractivity contribution >= 4 is 10.9 Å². The van der Waals surface area contributed by atoms with Crippen LogP contribution in [0.2, 0.25) is 0 Å². The molecule has 2 N–H and O–H groups in total. The summed E-state index contributed by atoms with van der Waals surface area (Å²) in [6.07, 6.45) is 4.43. The first kappa shape index (κ1) is 12.7. The average molecular weight is 257 g/mol. The van der Waals surface area contributed by atoms with Crippen molar-refractivity contribution in [3.05, 3.63) is 30.0 Å². The maximum Gasteiger partial charge on any atom is 0.0721 e. The molecule has 102 valence electrons. The Morgan fingerprint density at radius 2 is 2.00 bits per heavy atom. The highest BCUT2D eigenvalue weighted by Gasteiger charge is 2.46. The zero-order chi connectivity index (χ0) is 13.7. The first-order valence-electron chi connectivity index (χ1n) is 7.12. The van der Waals surface area contributed by atoms with Crippen molar-refractivity contribution in [3.8, 4) is 0 Å². The molecule has 0 bridgehead atoms. The van der Waals surface area contributed by atoms with E-state index in [-0.39, 0.29) is 11.0 Å². The molecule has 19 heavy (non-hydrogen) atoms. The van der Waals surface area contributed by atoms with Crippen molar-refractivity contribution in [2.24, 2.45) is 18.2 Å². The molecular formula is C16H23N3. The van der Waals surface area contributed by atoms with Gasteiger partial charge in [0.05, 0.1) is 11.2 Å². The van der Waals surface area contributed by atoms with Crippen molar-refractivity contribution in [3.63, 3.8) is 0 Å². The lowest BCUT2D eigenvalue weighted by molar-refractivity contribution is 0.206. The molecule has 1 unspecified atom stereocenters. The Morgan fingerprint density at radius 3 is 2.68 bits per heavy atom. The minimum atomic E-state index is -0.121. The molecule has 3 heteroatoms. The summed E-state index contributed by atoms with van der Waals surface area (Å²) in [6, 6.07) is 8.42. The molecule has 2 aromatic rings. The fraction of sp³-hybridized carbons (Fsp3) is 0.562. The SMILES string of the molecule is Cn1nc(CC2(N)CCCC2(C)C)c2ccccc21. The molecule has 3 nitrogen and oxygen atoms in total. The summed E-state index contributed by atoms with van der Waals surface area (Å²) < 4.78 is 1.97. The van der Waals surface area contributed by atoms with Crippen LogP contribution in [0.5, 0.6) is 0 Å². The van der Waals surface area contributed by atoms with Crippen LogP contribution in [0.25, 0.3) is 10.9 Å². The summed E-state index contributed by atoms with van der Waals surface area (Å²) in [7, 11) is 2.01. The van der Waals surface area contributed by atoms with Crippen molar-refractivity contribution < 1.29 is 0 Å². The molecule has 1 aromatic heterocycles. The van der Waals surface area contributed by atoms with Crippen molar-refractivity contribution in [1.29, 1.82) is 0 Å². The first-order chi connectivity index (χ1) is 8.93. The Hall–Kier alpha value is -1.35. The maximum atomic E-state index is 6.72. The number of rotatable bonds is 2. The minimum absolute atomic E-state index is 0.121.